The minimum absolute atomic E-state index is 0.106. The van der Waals surface area contributed by atoms with E-state index in [0.29, 0.717) is 35.1 Å². The van der Waals surface area contributed by atoms with Crippen LogP contribution in [0.5, 0.6) is 0 Å². The molecule has 0 saturated carbocycles. The van der Waals surface area contributed by atoms with Crippen molar-refractivity contribution in [2.24, 2.45) is 0 Å². The van der Waals surface area contributed by atoms with Crippen LogP contribution in [0.1, 0.15) is 23.2 Å². The summed E-state index contributed by atoms with van der Waals surface area (Å²) in [7, 11) is 3.05. The lowest BCUT2D eigenvalue weighted by atomic mass is 10.2. The highest BCUT2D eigenvalue weighted by Crippen LogP contribution is 2.21. The summed E-state index contributed by atoms with van der Waals surface area (Å²) in [4.78, 5) is 24.6. The van der Waals surface area contributed by atoms with Gasteiger partial charge in [-0.25, -0.2) is 0 Å². The molecular formula is C13H17BrN2O3. The Balaban J connectivity index is 2.56. The molecule has 1 aromatic rings. The van der Waals surface area contributed by atoms with Crippen LogP contribution in [0.25, 0.3) is 0 Å². The molecule has 0 fully saturated rings. The molecule has 104 valence electrons. The van der Waals surface area contributed by atoms with E-state index in [1.54, 1.807) is 30.1 Å². The summed E-state index contributed by atoms with van der Waals surface area (Å²) in [6.45, 7) is 0.496. The van der Waals surface area contributed by atoms with Crippen LogP contribution in [0.3, 0.4) is 0 Å². The summed E-state index contributed by atoms with van der Waals surface area (Å²) >= 11 is 3.29. The van der Waals surface area contributed by atoms with Crippen molar-refractivity contribution < 1.29 is 14.3 Å². The lowest BCUT2D eigenvalue weighted by Crippen LogP contribution is -2.28. The van der Waals surface area contributed by atoms with Gasteiger partial charge in [-0.1, -0.05) is 0 Å². The van der Waals surface area contributed by atoms with Gasteiger partial charge < -0.3 is 15.4 Å². The predicted octanol–water partition coefficient (Wildman–Crippen LogP) is 2.06. The zero-order chi connectivity index (χ0) is 14.4. The lowest BCUT2D eigenvalue weighted by Gasteiger charge is -2.17. The monoisotopic (exact) mass is 328 g/mol. The van der Waals surface area contributed by atoms with E-state index >= 15 is 0 Å². The van der Waals surface area contributed by atoms with Crippen LogP contribution < -0.4 is 5.73 Å². The maximum Gasteiger partial charge on any atom is 0.305 e. The van der Waals surface area contributed by atoms with Crippen molar-refractivity contribution in [1.29, 1.82) is 0 Å². The first-order valence-electron chi connectivity index (χ1n) is 5.83. The van der Waals surface area contributed by atoms with E-state index in [0.717, 1.165) is 0 Å². The van der Waals surface area contributed by atoms with Crippen LogP contribution in [-0.2, 0) is 9.53 Å². The summed E-state index contributed by atoms with van der Waals surface area (Å²) in [6.07, 6.45) is 0.880. The van der Waals surface area contributed by atoms with E-state index in [9.17, 15) is 9.59 Å². The Kier molecular flexibility index (Phi) is 5.82. The fourth-order valence-corrected chi connectivity index (χ4v) is 1.92. The van der Waals surface area contributed by atoms with E-state index in [1.165, 1.54) is 7.11 Å². The molecule has 1 amide bonds. The largest absolute Gasteiger partial charge is 0.469 e. The maximum atomic E-state index is 12.1. The number of benzene rings is 1. The SMILES string of the molecule is COC(=O)CCCN(C)C(=O)c1ccc(N)c(Br)c1. The van der Waals surface area contributed by atoms with Gasteiger partial charge in [0.15, 0.2) is 0 Å². The Morgan fingerprint density at radius 2 is 2.11 bits per heavy atom. The standard InChI is InChI=1S/C13H17BrN2O3/c1-16(7-3-4-12(17)19-2)13(18)9-5-6-11(15)10(14)8-9/h5-6,8H,3-4,7,15H2,1-2H3. The number of rotatable bonds is 5. The third kappa shape index (κ3) is 4.55. The van der Waals surface area contributed by atoms with Gasteiger partial charge in [0.05, 0.1) is 7.11 Å². The van der Waals surface area contributed by atoms with Gasteiger partial charge >= 0.3 is 5.97 Å². The van der Waals surface area contributed by atoms with Crippen LogP contribution in [0.4, 0.5) is 5.69 Å². The molecular weight excluding hydrogens is 312 g/mol. The van der Waals surface area contributed by atoms with Crippen LogP contribution >= 0.6 is 15.9 Å². The zero-order valence-electron chi connectivity index (χ0n) is 11.0. The predicted molar refractivity (Wildman–Crippen MR) is 76.8 cm³/mol. The normalized spacial score (nSPS) is 10.1. The van der Waals surface area contributed by atoms with Gasteiger partial charge in [0.2, 0.25) is 0 Å². The third-order valence-corrected chi connectivity index (χ3v) is 3.38. The van der Waals surface area contributed by atoms with Crippen molar-refractivity contribution in [3.8, 4) is 0 Å². The Morgan fingerprint density at radius 1 is 1.42 bits per heavy atom. The molecule has 19 heavy (non-hydrogen) atoms. The summed E-state index contributed by atoms with van der Waals surface area (Å²) in [5.74, 6) is -0.373. The first-order valence-corrected chi connectivity index (χ1v) is 6.62. The minimum atomic E-state index is -0.268. The molecule has 1 aromatic carbocycles. The molecule has 0 aliphatic carbocycles. The number of carbonyl (C=O) groups excluding carboxylic acids is 2. The summed E-state index contributed by atoms with van der Waals surface area (Å²) in [5, 5.41) is 0. The number of methoxy groups -OCH3 is 1. The van der Waals surface area contributed by atoms with E-state index < -0.39 is 0 Å². The molecule has 0 aliphatic rings. The summed E-state index contributed by atoms with van der Waals surface area (Å²) in [6, 6.07) is 5.05. The molecule has 6 heteroatoms. The second-order valence-corrected chi connectivity index (χ2v) is 5.00. The number of ether oxygens (including phenoxy) is 1. The Hall–Kier alpha value is -1.56. The van der Waals surface area contributed by atoms with Crippen LogP contribution in [0.15, 0.2) is 22.7 Å². The molecule has 1 rings (SSSR count). The molecule has 5 nitrogen and oxygen atoms in total. The number of nitrogens with two attached hydrogens (primary N) is 1. The van der Waals surface area contributed by atoms with Crippen LogP contribution in [0.2, 0.25) is 0 Å². The van der Waals surface area contributed by atoms with E-state index in [-0.39, 0.29) is 11.9 Å². The van der Waals surface area contributed by atoms with Crippen LogP contribution in [0, 0.1) is 0 Å². The number of esters is 1. The molecule has 0 radical (unpaired) electrons. The number of nitrogens with zero attached hydrogens (tertiary/aromatic N) is 1. The van der Waals surface area contributed by atoms with Crippen molar-refractivity contribution >= 4 is 33.5 Å². The van der Waals surface area contributed by atoms with Gasteiger partial charge in [-0.3, -0.25) is 9.59 Å². The maximum absolute atomic E-state index is 12.1. The van der Waals surface area contributed by atoms with E-state index in [2.05, 4.69) is 20.7 Å². The van der Waals surface area contributed by atoms with Gasteiger partial charge in [0.25, 0.3) is 5.91 Å². The first kappa shape index (κ1) is 15.5. The summed E-state index contributed by atoms with van der Waals surface area (Å²) < 4.78 is 5.24. The highest BCUT2D eigenvalue weighted by molar-refractivity contribution is 9.10. The average Bonchev–Trinajstić information content (AvgIpc) is 2.40. The number of amides is 1. The number of carbonyl (C=O) groups is 2. The van der Waals surface area contributed by atoms with Gasteiger partial charge in [0, 0.05) is 35.7 Å². The van der Waals surface area contributed by atoms with Gasteiger partial charge in [-0.05, 0) is 40.5 Å². The number of hydrogen-bond donors (Lipinski definition) is 1. The van der Waals surface area contributed by atoms with Crippen LogP contribution in [-0.4, -0.2) is 37.5 Å². The second kappa shape index (κ2) is 7.13. The molecule has 0 unspecified atom stereocenters. The molecule has 0 spiro atoms. The zero-order valence-corrected chi connectivity index (χ0v) is 12.6. The van der Waals surface area contributed by atoms with Gasteiger partial charge in [-0.15, -0.1) is 0 Å². The molecule has 0 atom stereocenters. The molecule has 2 N–H and O–H groups in total. The van der Waals surface area contributed by atoms with Crippen molar-refractivity contribution in [2.75, 3.05) is 26.4 Å². The molecule has 0 bridgehead atoms. The topological polar surface area (TPSA) is 72.6 Å². The number of halogens is 1. The fraction of sp³-hybridized carbons (Fsp3) is 0.385. The van der Waals surface area contributed by atoms with Crippen molar-refractivity contribution in [3.63, 3.8) is 0 Å². The van der Waals surface area contributed by atoms with E-state index in [4.69, 9.17) is 5.73 Å². The second-order valence-electron chi connectivity index (χ2n) is 4.14. The van der Waals surface area contributed by atoms with Crippen molar-refractivity contribution in [3.05, 3.63) is 28.2 Å². The van der Waals surface area contributed by atoms with Crippen molar-refractivity contribution in [1.82, 2.24) is 4.90 Å². The average molecular weight is 329 g/mol. The minimum Gasteiger partial charge on any atom is -0.469 e. The smallest absolute Gasteiger partial charge is 0.305 e. The number of nitrogen functional groups attached to an aromatic ring is 1. The lowest BCUT2D eigenvalue weighted by molar-refractivity contribution is -0.140. The number of anilines is 1. The Labute approximate surface area is 120 Å². The Morgan fingerprint density at radius 3 is 2.68 bits per heavy atom. The highest BCUT2D eigenvalue weighted by atomic mass is 79.9. The highest BCUT2D eigenvalue weighted by Gasteiger charge is 2.13. The molecule has 0 aromatic heterocycles. The number of hydrogen-bond acceptors (Lipinski definition) is 4. The van der Waals surface area contributed by atoms with Gasteiger partial charge in [-0.2, -0.15) is 0 Å². The fourth-order valence-electron chi connectivity index (χ4n) is 1.54. The molecule has 0 saturated heterocycles. The molecule has 0 aliphatic heterocycles. The first-order chi connectivity index (χ1) is 8.95. The Bertz CT molecular complexity index is 477. The quantitative estimate of drug-likeness (QED) is 0.663. The van der Waals surface area contributed by atoms with Crippen molar-refractivity contribution in [2.45, 2.75) is 12.8 Å². The summed E-state index contributed by atoms with van der Waals surface area (Å²) in [5.41, 5.74) is 6.82. The van der Waals surface area contributed by atoms with E-state index in [1.807, 2.05) is 0 Å². The third-order valence-electron chi connectivity index (χ3n) is 2.70. The molecule has 0 heterocycles. The van der Waals surface area contributed by atoms with Gasteiger partial charge in [0.1, 0.15) is 0 Å².